The molecule has 17 heavy (non-hydrogen) atoms. The SMILES string of the molecule is CCC(C)N(CC)CCCC(C#N)(CC)NC. The summed E-state index contributed by atoms with van der Waals surface area (Å²) in [5.74, 6) is 0. The molecule has 3 heteroatoms. The van der Waals surface area contributed by atoms with Gasteiger partial charge in [-0.05, 0) is 52.7 Å². The Balaban J connectivity index is 4.16. The zero-order chi connectivity index (χ0) is 13.3. The number of rotatable bonds is 9. The number of nitrogens with zero attached hydrogens (tertiary/aromatic N) is 2. The Labute approximate surface area is 107 Å². The summed E-state index contributed by atoms with van der Waals surface area (Å²) in [4.78, 5) is 2.49. The van der Waals surface area contributed by atoms with Crippen molar-refractivity contribution in [1.29, 1.82) is 5.26 Å². The molecule has 2 atom stereocenters. The minimum absolute atomic E-state index is 0.325. The van der Waals surface area contributed by atoms with E-state index in [4.69, 9.17) is 0 Å². The average Bonchev–Trinajstić information content (AvgIpc) is 2.39. The fraction of sp³-hybridized carbons (Fsp3) is 0.929. The van der Waals surface area contributed by atoms with Crippen LogP contribution < -0.4 is 5.32 Å². The molecular formula is C14H29N3. The van der Waals surface area contributed by atoms with E-state index in [1.165, 1.54) is 6.42 Å². The summed E-state index contributed by atoms with van der Waals surface area (Å²) in [6.07, 6.45) is 4.08. The number of nitrogens with one attached hydrogen (secondary N) is 1. The first kappa shape index (κ1) is 16.4. The fourth-order valence-electron chi connectivity index (χ4n) is 2.20. The van der Waals surface area contributed by atoms with E-state index in [2.05, 4.69) is 44.0 Å². The van der Waals surface area contributed by atoms with Crippen LogP contribution in [-0.4, -0.2) is 36.6 Å². The number of hydrogen-bond donors (Lipinski definition) is 1. The second-order valence-electron chi connectivity index (χ2n) is 4.79. The van der Waals surface area contributed by atoms with E-state index < -0.39 is 0 Å². The molecule has 0 radical (unpaired) electrons. The highest BCUT2D eigenvalue weighted by atomic mass is 15.1. The van der Waals surface area contributed by atoms with E-state index >= 15 is 0 Å². The lowest BCUT2D eigenvalue weighted by atomic mass is 9.92. The van der Waals surface area contributed by atoms with Gasteiger partial charge in [0.05, 0.1) is 6.07 Å². The fourth-order valence-corrected chi connectivity index (χ4v) is 2.20. The first-order valence-electron chi connectivity index (χ1n) is 6.93. The molecule has 0 aliphatic carbocycles. The smallest absolute Gasteiger partial charge is 0.106 e. The quantitative estimate of drug-likeness (QED) is 0.672. The van der Waals surface area contributed by atoms with Crippen molar-refractivity contribution in [2.75, 3.05) is 20.1 Å². The lowest BCUT2D eigenvalue weighted by Crippen LogP contribution is -2.42. The van der Waals surface area contributed by atoms with Gasteiger partial charge in [-0.1, -0.05) is 20.8 Å². The molecule has 0 saturated heterocycles. The summed E-state index contributed by atoms with van der Waals surface area (Å²) in [5, 5.41) is 12.4. The van der Waals surface area contributed by atoms with Crippen molar-refractivity contribution >= 4 is 0 Å². The van der Waals surface area contributed by atoms with Crippen LogP contribution in [0.2, 0.25) is 0 Å². The van der Waals surface area contributed by atoms with Crippen LogP contribution in [0, 0.1) is 11.3 Å². The highest BCUT2D eigenvalue weighted by Crippen LogP contribution is 2.17. The Kier molecular flexibility index (Phi) is 8.20. The van der Waals surface area contributed by atoms with Crippen LogP contribution in [-0.2, 0) is 0 Å². The molecule has 0 fully saturated rings. The van der Waals surface area contributed by atoms with Crippen LogP contribution in [0.3, 0.4) is 0 Å². The molecule has 0 spiro atoms. The van der Waals surface area contributed by atoms with Gasteiger partial charge in [0, 0.05) is 6.04 Å². The molecule has 0 saturated carbocycles. The van der Waals surface area contributed by atoms with Gasteiger partial charge in [-0.15, -0.1) is 0 Å². The Morgan fingerprint density at radius 1 is 1.35 bits per heavy atom. The molecule has 0 aromatic heterocycles. The van der Waals surface area contributed by atoms with E-state index in [0.29, 0.717) is 6.04 Å². The summed E-state index contributed by atoms with van der Waals surface area (Å²) in [5.41, 5.74) is -0.325. The first-order valence-corrected chi connectivity index (χ1v) is 6.93. The van der Waals surface area contributed by atoms with Crippen LogP contribution >= 0.6 is 0 Å². The third-order valence-corrected chi connectivity index (χ3v) is 3.97. The van der Waals surface area contributed by atoms with Gasteiger partial charge in [0.15, 0.2) is 0 Å². The van der Waals surface area contributed by atoms with Gasteiger partial charge >= 0.3 is 0 Å². The lowest BCUT2D eigenvalue weighted by Gasteiger charge is -2.29. The third kappa shape index (κ3) is 5.06. The van der Waals surface area contributed by atoms with Crippen LogP contribution in [0.15, 0.2) is 0 Å². The molecule has 0 aliphatic heterocycles. The summed E-state index contributed by atoms with van der Waals surface area (Å²) in [7, 11) is 1.89. The van der Waals surface area contributed by atoms with Gasteiger partial charge in [0.1, 0.15) is 5.54 Å². The zero-order valence-corrected chi connectivity index (χ0v) is 12.2. The summed E-state index contributed by atoms with van der Waals surface area (Å²) < 4.78 is 0. The van der Waals surface area contributed by atoms with Crippen molar-refractivity contribution in [2.24, 2.45) is 0 Å². The van der Waals surface area contributed by atoms with Gasteiger partial charge in [-0.25, -0.2) is 0 Å². The Bertz CT molecular complexity index is 228. The average molecular weight is 239 g/mol. The van der Waals surface area contributed by atoms with E-state index in [1.807, 2.05) is 7.05 Å². The maximum atomic E-state index is 9.23. The van der Waals surface area contributed by atoms with E-state index in [9.17, 15) is 5.26 Å². The van der Waals surface area contributed by atoms with Crippen LogP contribution in [0.25, 0.3) is 0 Å². The van der Waals surface area contributed by atoms with Gasteiger partial charge in [0.25, 0.3) is 0 Å². The van der Waals surface area contributed by atoms with Crippen molar-refractivity contribution < 1.29 is 0 Å². The topological polar surface area (TPSA) is 39.1 Å². The highest BCUT2D eigenvalue weighted by molar-refractivity contribution is 5.05. The standard InChI is InChI=1S/C14H29N3/c1-6-13(4)17(8-3)11-9-10-14(7-2,12-15)16-5/h13,16H,6-11H2,1-5H3. The molecule has 0 bridgehead atoms. The van der Waals surface area contributed by atoms with Gasteiger partial charge in [0.2, 0.25) is 0 Å². The first-order chi connectivity index (χ1) is 8.09. The zero-order valence-electron chi connectivity index (χ0n) is 12.2. The van der Waals surface area contributed by atoms with E-state index in [0.717, 1.165) is 32.4 Å². The predicted octanol–water partition coefficient (Wildman–Crippen LogP) is 2.78. The van der Waals surface area contributed by atoms with Gasteiger partial charge in [-0.2, -0.15) is 5.26 Å². The minimum Gasteiger partial charge on any atom is -0.302 e. The highest BCUT2D eigenvalue weighted by Gasteiger charge is 2.25. The Hall–Kier alpha value is -0.590. The van der Waals surface area contributed by atoms with Gasteiger partial charge < -0.3 is 10.2 Å². The molecule has 100 valence electrons. The number of nitriles is 1. The molecule has 0 heterocycles. The van der Waals surface area contributed by atoms with Crippen molar-refractivity contribution in [1.82, 2.24) is 10.2 Å². The van der Waals surface area contributed by atoms with Crippen LogP contribution in [0.5, 0.6) is 0 Å². The van der Waals surface area contributed by atoms with Crippen molar-refractivity contribution in [3.63, 3.8) is 0 Å². The summed E-state index contributed by atoms with van der Waals surface area (Å²) in [6.45, 7) is 11.0. The monoisotopic (exact) mass is 239 g/mol. The molecule has 3 nitrogen and oxygen atoms in total. The van der Waals surface area contributed by atoms with E-state index in [1.54, 1.807) is 0 Å². The largest absolute Gasteiger partial charge is 0.302 e. The maximum absolute atomic E-state index is 9.23. The van der Waals surface area contributed by atoms with Crippen molar-refractivity contribution in [3.8, 4) is 6.07 Å². The number of hydrogen-bond acceptors (Lipinski definition) is 3. The second kappa shape index (κ2) is 8.49. The maximum Gasteiger partial charge on any atom is 0.106 e. The van der Waals surface area contributed by atoms with E-state index in [-0.39, 0.29) is 5.54 Å². The lowest BCUT2D eigenvalue weighted by molar-refractivity contribution is 0.203. The molecule has 0 aromatic carbocycles. The predicted molar refractivity (Wildman–Crippen MR) is 73.9 cm³/mol. The molecule has 0 aromatic rings. The summed E-state index contributed by atoms with van der Waals surface area (Å²) >= 11 is 0. The minimum atomic E-state index is -0.325. The molecule has 0 aliphatic rings. The Morgan fingerprint density at radius 2 is 2.00 bits per heavy atom. The molecule has 0 rings (SSSR count). The van der Waals surface area contributed by atoms with Crippen molar-refractivity contribution in [2.45, 2.75) is 65.0 Å². The van der Waals surface area contributed by atoms with Crippen molar-refractivity contribution in [3.05, 3.63) is 0 Å². The molecule has 1 N–H and O–H groups in total. The van der Waals surface area contributed by atoms with Gasteiger partial charge in [-0.3, -0.25) is 0 Å². The van der Waals surface area contributed by atoms with Crippen LogP contribution in [0.4, 0.5) is 0 Å². The normalized spacial score (nSPS) is 16.5. The molecule has 0 amide bonds. The molecule has 2 unspecified atom stereocenters. The summed E-state index contributed by atoms with van der Waals surface area (Å²) in [6, 6.07) is 3.07. The Morgan fingerprint density at radius 3 is 2.35 bits per heavy atom. The molecular weight excluding hydrogens is 210 g/mol. The van der Waals surface area contributed by atoms with Crippen LogP contribution in [0.1, 0.15) is 53.4 Å². The second-order valence-corrected chi connectivity index (χ2v) is 4.79. The third-order valence-electron chi connectivity index (χ3n) is 3.97.